The highest BCUT2D eigenvalue weighted by Crippen LogP contribution is 1.98. The van der Waals surface area contributed by atoms with Crippen molar-refractivity contribution in [3.8, 4) is 0 Å². The SMILES string of the molecule is CC1(C)NNNNC(C)(C)NN1. The normalized spacial score (nSPS) is 29.0. The van der Waals surface area contributed by atoms with Crippen LogP contribution in [0, 0.1) is 0 Å². The summed E-state index contributed by atoms with van der Waals surface area (Å²) in [5.74, 6) is 0. The lowest BCUT2D eigenvalue weighted by Crippen LogP contribution is -2.76. The molecule has 12 heavy (non-hydrogen) atoms. The number of nitrogens with one attached hydrogen (secondary N) is 6. The van der Waals surface area contributed by atoms with Crippen LogP contribution >= 0.6 is 0 Å². The predicted octanol–water partition coefficient (Wildman–Crippen LogP) is -1.33. The van der Waals surface area contributed by atoms with Gasteiger partial charge < -0.3 is 0 Å². The first-order valence-corrected chi connectivity index (χ1v) is 4.00. The molecule has 0 aliphatic carbocycles. The maximum absolute atomic E-state index is 3.12. The molecule has 1 heterocycles. The molecule has 1 rings (SSSR count). The third-order valence-electron chi connectivity index (χ3n) is 1.50. The van der Waals surface area contributed by atoms with E-state index in [0.29, 0.717) is 0 Å². The fraction of sp³-hybridized carbons (Fsp3) is 1.00. The molecule has 0 saturated carbocycles. The minimum atomic E-state index is -0.216. The maximum atomic E-state index is 3.12. The van der Waals surface area contributed by atoms with Gasteiger partial charge in [0.05, 0.1) is 11.3 Å². The van der Waals surface area contributed by atoms with E-state index in [4.69, 9.17) is 0 Å². The third kappa shape index (κ3) is 3.02. The summed E-state index contributed by atoms with van der Waals surface area (Å²) in [6.07, 6.45) is 0. The van der Waals surface area contributed by atoms with Gasteiger partial charge in [-0.25, -0.2) is 21.7 Å². The van der Waals surface area contributed by atoms with Crippen molar-refractivity contribution in [1.82, 2.24) is 32.8 Å². The van der Waals surface area contributed by atoms with Crippen molar-refractivity contribution in [2.75, 3.05) is 0 Å². The molecule has 6 N–H and O–H groups in total. The highest BCUT2D eigenvalue weighted by Gasteiger charge is 2.24. The van der Waals surface area contributed by atoms with Gasteiger partial charge in [-0.05, 0) is 27.7 Å². The second-order valence-corrected chi connectivity index (χ2v) is 4.00. The highest BCUT2D eigenvalue weighted by atomic mass is 15.8. The zero-order valence-corrected chi connectivity index (χ0v) is 8.00. The first-order valence-electron chi connectivity index (χ1n) is 4.00. The van der Waals surface area contributed by atoms with Gasteiger partial charge in [0.25, 0.3) is 0 Å². The molecular weight excluding hydrogens is 156 g/mol. The van der Waals surface area contributed by atoms with Gasteiger partial charge in [-0.1, -0.05) is 0 Å². The molecule has 0 radical (unpaired) electrons. The number of hydrogen-bond acceptors (Lipinski definition) is 6. The Hall–Kier alpha value is -0.240. The van der Waals surface area contributed by atoms with Gasteiger partial charge in [-0.3, -0.25) is 0 Å². The molecule has 0 bridgehead atoms. The molecule has 1 fully saturated rings. The summed E-state index contributed by atoms with van der Waals surface area (Å²) in [5, 5.41) is 0. The molecule has 0 aromatic heterocycles. The van der Waals surface area contributed by atoms with Crippen molar-refractivity contribution in [1.29, 1.82) is 0 Å². The lowest BCUT2D eigenvalue weighted by molar-refractivity contribution is 0.0986. The molecule has 0 spiro atoms. The molecule has 6 nitrogen and oxygen atoms in total. The van der Waals surface area contributed by atoms with Crippen LogP contribution in [0.15, 0.2) is 0 Å². The lowest BCUT2D eigenvalue weighted by Gasteiger charge is -2.38. The van der Waals surface area contributed by atoms with Crippen LogP contribution in [0.2, 0.25) is 0 Å². The van der Waals surface area contributed by atoms with Gasteiger partial charge in [-0.15, -0.1) is 0 Å². The van der Waals surface area contributed by atoms with E-state index in [-0.39, 0.29) is 11.3 Å². The summed E-state index contributed by atoms with van der Waals surface area (Å²) >= 11 is 0. The summed E-state index contributed by atoms with van der Waals surface area (Å²) in [6, 6.07) is 0. The van der Waals surface area contributed by atoms with Crippen LogP contribution in [0.25, 0.3) is 0 Å². The molecule has 0 amide bonds. The minimum absolute atomic E-state index is 0.216. The van der Waals surface area contributed by atoms with Crippen molar-refractivity contribution in [3.05, 3.63) is 0 Å². The minimum Gasteiger partial charge on any atom is -0.236 e. The van der Waals surface area contributed by atoms with Gasteiger partial charge in [0, 0.05) is 0 Å². The smallest absolute Gasteiger partial charge is 0.0900 e. The van der Waals surface area contributed by atoms with Crippen LogP contribution in [0.1, 0.15) is 27.7 Å². The molecular formula is C6H18N6. The van der Waals surface area contributed by atoms with Gasteiger partial charge >= 0.3 is 0 Å². The molecule has 0 unspecified atom stereocenters. The molecule has 0 aromatic carbocycles. The van der Waals surface area contributed by atoms with E-state index >= 15 is 0 Å². The first kappa shape index (κ1) is 9.85. The standard InChI is InChI=1S/C6H18N6/c1-5(2)7-8-6(3,4)10-12-11-9-5/h7-12H,1-4H3. The van der Waals surface area contributed by atoms with E-state index in [9.17, 15) is 0 Å². The van der Waals surface area contributed by atoms with Crippen LogP contribution in [0.5, 0.6) is 0 Å². The average molecular weight is 174 g/mol. The second kappa shape index (κ2) is 3.25. The first-order chi connectivity index (χ1) is 5.41. The Bertz CT molecular complexity index is 136. The molecule has 72 valence electrons. The van der Waals surface area contributed by atoms with Gasteiger partial charge in [0.1, 0.15) is 0 Å². The fourth-order valence-corrected chi connectivity index (χ4v) is 0.750. The second-order valence-electron chi connectivity index (χ2n) is 4.00. The summed E-state index contributed by atoms with van der Waals surface area (Å²) in [4.78, 5) is 0. The molecule has 0 aromatic rings. The number of hydrazine groups is 4. The zero-order chi connectivity index (χ0) is 9.24. The quantitative estimate of drug-likeness (QED) is 0.273. The lowest BCUT2D eigenvalue weighted by atomic mass is 10.2. The topological polar surface area (TPSA) is 72.2 Å². The van der Waals surface area contributed by atoms with Crippen LogP contribution in [-0.2, 0) is 0 Å². The van der Waals surface area contributed by atoms with Crippen molar-refractivity contribution in [2.45, 2.75) is 39.0 Å². The van der Waals surface area contributed by atoms with E-state index in [1.165, 1.54) is 0 Å². The molecule has 1 saturated heterocycles. The monoisotopic (exact) mass is 174 g/mol. The highest BCUT2D eigenvalue weighted by molar-refractivity contribution is 4.77. The summed E-state index contributed by atoms with van der Waals surface area (Å²) in [7, 11) is 0. The van der Waals surface area contributed by atoms with Crippen molar-refractivity contribution >= 4 is 0 Å². The molecule has 1 aliphatic heterocycles. The average Bonchev–Trinajstić information content (AvgIpc) is 1.94. The Labute approximate surface area is 72.7 Å². The predicted molar refractivity (Wildman–Crippen MR) is 47.0 cm³/mol. The zero-order valence-electron chi connectivity index (χ0n) is 8.00. The van der Waals surface area contributed by atoms with E-state index in [1.807, 2.05) is 27.7 Å². The molecule has 1 aliphatic rings. The van der Waals surface area contributed by atoms with E-state index in [2.05, 4.69) is 32.8 Å². The van der Waals surface area contributed by atoms with Crippen molar-refractivity contribution < 1.29 is 0 Å². The van der Waals surface area contributed by atoms with Gasteiger partial charge in [0.2, 0.25) is 0 Å². The summed E-state index contributed by atoms with van der Waals surface area (Å²) in [5.41, 5.74) is 17.5. The van der Waals surface area contributed by atoms with Crippen LogP contribution < -0.4 is 32.8 Å². The number of hydrogen-bond donors (Lipinski definition) is 6. The molecule has 6 heteroatoms. The third-order valence-corrected chi connectivity index (χ3v) is 1.50. The summed E-state index contributed by atoms with van der Waals surface area (Å²) in [6.45, 7) is 8.04. The summed E-state index contributed by atoms with van der Waals surface area (Å²) < 4.78 is 0. The van der Waals surface area contributed by atoms with Crippen molar-refractivity contribution in [3.63, 3.8) is 0 Å². The van der Waals surface area contributed by atoms with Crippen LogP contribution in [-0.4, -0.2) is 11.3 Å². The van der Waals surface area contributed by atoms with Gasteiger partial charge in [0.15, 0.2) is 0 Å². The Morgan fingerprint density at radius 2 is 0.917 bits per heavy atom. The Balaban J connectivity index is 2.51. The Kier molecular flexibility index (Phi) is 2.67. The number of rotatable bonds is 0. The van der Waals surface area contributed by atoms with Crippen LogP contribution in [0.3, 0.4) is 0 Å². The molecule has 0 atom stereocenters. The Morgan fingerprint density at radius 3 is 1.25 bits per heavy atom. The van der Waals surface area contributed by atoms with Crippen LogP contribution in [0.4, 0.5) is 0 Å². The van der Waals surface area contributed by atoms with Crippen molar-refractivity contribution in [2.24, 2.45) is 0 Å². The van der Waals surface area contributed by atoms with E-state index in [1.54, 1.807) is 0 Å². The van der Waals surface area contributed by atoms with E-state index in [0.717, 1.165) is 0 Å². The van der Waals surface area contributed by atoms with E-state index < -0.39 is 0 Å². The Morgan fingerprint density at radius 1 is 0.583 bits per heavy atom. The van der Waals surface area contributed by atoms with Gasteiger partial charge in [-0.2, -0.15) is 11.1 Å². The maximum Gasteiger partial charge on any atom is 0.0900 e. The largest absolute Gasteiger partial charge is 0.236 e. The fourth-order valence-electron chi connectivity index (χ4n) is 0.750.